The molecule has 7 nitrogen and oxygen atoms in total. The van der Waals surface area contributed by atoms with Crippen molar-refractivity contribution in [2.75, 3.05) is 18.8 Å². The van der Waals surface area contributed by atoms with Crippen molar-refractivity contribution >= 4 is 11.6 Å². The minimum absolute atomic E-state index is 0.00459. The van der Waals surface area contributed by atoms with E-state index in [-0.39, 0.29) is 11.6 Å². The number of hydrogen-bond donors (Lipinski definition) is 1. The summed E-state index contributed by atoms with van der Waals surface area (Å²) in [5.74, 6) is 0.185. The second-order valence-corrected chi connectivity index (χ2v) is 5.21. The van der Waals surface area contributed by atoms with E-state index in [4.69, 9.17) is 10.2 Å². The molecule has 2 aromatic heterocycles. The van der Waals surface area contributed by atoms with Crippen molar-refractivity contribution < 1.29 is 9.21 Å². The van der Waals surface area contributed by atoms with E-state index in [1.165, 1.54) is 17.2 Å². The molecular weight excluding hydrogens is 308 g/mol. The van der Waals surface area contributed by atoms with Crippen LogP contribution >= 0.6 is 0 Å². The van der Waals surface area contributed by atoms with Gasteiger partial charge >= 0.3 is 0 Å². The molecule has 0 spiro atoms. The number of rotatable bonds is 7. The molecule has 1 amide bonds. The van der Waals surface area contributed by atoms with Crippen molar-refractivity contribution in [1.82, 2.24) is 14.7 Å². The molecule has 0 aliphatic carbocycles. The maximum atomic E-state index is 12.7. The summed E-state index contributed by atoms with van der Waals surface area (Å²) in [5.41, 5.74) is 5.64. The summed E-state index contributed by atoms with van der Waals surface area (Å²) in [6.07, 6.45) is 4.71. The Kier molecular flexibility index (Phi) is 5.36. The van der Waals surface area contributed by atoms with Crippen molar-refractivity contribution in [1.29, 1.82) is 0 Å². The van der Waals surface area contributed by atoms with Crippen LogP contribution in [0, 0.1) is 0 Å². The zero-order valence-electron chi connectivity index (χ0n) is 13.5. The van der Waals surface area contributed by atoms with Crippen LogP contribution in [0.25, 0.3) is 11.5 Å². The summed E-state index contributed by atoms with van der Waals surface area (Å²) in [6, 6.07) is 4.01. The fourth-order valence-electron chi connectivity index (χ4n) is 2.27. The van der Waals surface area contributed by atoms with E-state index in [2.05, 4.69) is 18.3 Å². The molecule has 2 aromatic rings. The van der Waals surface area contributed by atoms with Gasteiger partial charge in [0.2, 0.25) is 5.91 Å². The van der Waals surface area contributed by atoms with Crippen LogP contribution < -0.4 is 11.3 Å². The predicted molar refractivity (Wildman–Crippen MR) is 92.3 cm³/mol. The molecule has 0 bridgehead atoms. The lowest BCUT2D eigenvalue weighted by atomic mass is 10.2. The van der Waals surface area contributed by atoms with Gasteiger partial charge in [-0.1, -0.05) is 12.2 Å². The largest absolute Gasteiger partial charge is 0.463 e. The second kappa shape index (κ2) is 7.45. The standard InChI is InChI=1S/C17H20N4O3/c1-4-8-20(9-5-2)16(22)12(3)21-17(23)13(18)11-14(19-21)15-7-6-10-24-15/h4-7,10-12H,1-2,8-9,18H2,3H3/t12-/m1/s1. The SMILES string of the molecule is C=CCN(CC=C)C(=O)[C@@H](C)n1nc(-c2ccco2)cc(N)c1=O. The molecule has 0 radical (unpaired) electrons. The molecule has 0 saturated heterocycles. The zero-order valence-corrected chi connectivity index (χ0v) is 13.5. The summed E-state index contributed by atoms with van der Waals surface area (Å²) in [7, 11) is 0. The average molecular weight is 328 g/mol. The Bertz CT molecular complexity index is 783. The van der Waals surface area contributed by atoms with Gasteiger partial charge < -0.3 is 15.1 Å². The molecule has 0 saturated carbocycles. The number of carbonyl (C=O) groups excluding carboxylic acids is 1. The van der Waals surface area contributed by atoms with Gasteiger partial charge in [-0.2, -0.15) is 5.10 Å². The number of nitrogens with zero attached hydrogens (tertiary/aromatic N) is 3. The van der Waals surface area contributed by atoms with Gasteiger partial charge in [0.1, 0.15) is 17.4 Å². The van der Waals surface area contributed by atoms with Crippen molar-refractivity contribution in [3.05, 3.63) is 60.1 Å². The maximum Gasteiger partial charge on any atom is 0.290 e. The smallest absolute Gasteiger partial charge is 0.290 e. The highest BCUT2D eigenvalue weighted by atomic mass is 16.3. The molecule has 7 heteroatoms. The van der Waals surface area contributed by atoms with Gasteiger partial charge in [0.15, 0.2) is 5.76 Å². The van der Waals surface area contributed by atoms with Crippen LogP contribution in [0.2, 0.25) is 0 Å². The van der Waals surface area contributed by atoms with Crippen LogP contribution in [0.4, 0.5) is 5.69 Å². The van der Waals surface area contributed by atoms with Crippen LogP contribution in [0.15, 0.2) is 59.0 Å². The number of nitrogens with two attached hydrogens (primary N) is 1. The summed E-state index contributed by atoms with van der Waals surface area (Å²) >= 11 is 0. The molecule has 1 atom stereocenters. The van der Waals surface area contributed by atoms with Gasteiger partial charge in [-0.3, -0.25) is 9.59 Å². The number of furan rings is 1. The molecule has 2 N–H and O–H groups in total. The van der Waals surface area contributed by atoms with Gasteiger partial charge in [0.05, 0.1) is 6.26 Å². The van der Waals surface area contributed by atoms with Crippen molar-refractivity contribution in [3.8, 4) is 11.5 Å². The highest BCUT2D eigenvalue weighted by Gasteiger charge is 2.24. The number of amides is 1. The van der Waals surface area contributed by atoms with Gasteiger partial charge in [-0.15, -0.1) is 13.2 Å². The quantitative estimate of drug-likeness (QED) is 0.783. The first kappa shape index (κ1) is 17.3. The van der Waals surface area contributed by atoms with E-state index < -0.39 is 11.6 Å². The minimum Gasteiger partial charge on any atom is -0.463 e. The molecule has 2 rings (SSSR count). The average Bonchev–Trinajstić information content (AvgIpc) is 3.10. The van der Waals surface area contributed by atoms with Gasteiger partial charge in [-0.05, 0) is 25.1 Å². The monoisotopic (exact) mass is 328 g/mol. The van der Waals surface area contributed by atoms with Gasteiger partial charge in [0, 0.05) is 13.1 Å². The number of anilines is 1. The number of carbonyl (C=O) groups is 1. The fraction of sp³-hybridized carbons (Fsp3) is 0.235. The lowest BCUT2D eigenvalue weighted by molar-refractivity contribution is -0.133. The Morgan fingerprint density at radius 3 is 2.67 bits per heavy atom. The lowest BCUT2D eigenvalue weighted by Crippen LogP contribution is -2.41. The summed E-state index contributed by atoms with van der Waals surface area (Å²) < 4.78 is 6.36. The van der Waals surface area contributed by atoms with Crippen molar-refractivity contribution in [2.45, 2.75) is 13.0 Å². The van der Waals surface area contributed by atoms with Crippen molar-refractivity contribution in [3.63, 3.8) is 0 Å². The summed E-state index contributed by atoms with van der Waals surface area (Å²) in [4.78, 5) is 26.5. The second-order valence-electron chi connectivity index (χ2n) is 5.21. The van der Waals surface area contributed by atoms with Crippen molar-refractivity contribution in [2.24, 2.45) is 0 Å². The van der Waals surface area contributed by atoms with Crippen LogP contribution in [0.1, 0.15) is 13.0 Å². The third kappa shape index (κ3) is 3.45. The summed E-state index contributed by atoms with van der Waals surface area (Å²) in [5, 5.41) is 4.23. The molecule has 126 valence electrons. The first-order valence-electron chi connectivity index (χ1n) is 7.43. The third-order valence-corrected chi connectivity index (χ3v) is 3.47. The lowest BCUT2D eigenvalue weighted by Gasteiger charge is -2.24. The molecule has 0 aromatic carbocycles. The number of aromatic nitrogens is 2. The topological polar surface area (TPSA) is 94.4 Å². The van der Waals surface area contributed by atoms with E-state index in [1.54, 1.807) is 31.2 Å². The Morgan fingerprint density at radius 2 is 2.12 bits per heavy atom. The van der Waals surface area contributed by atoms with E-state index in [0.717, 1.165) is 4.68 Å². The third-order valence-electron chi connectivity index (χ3n) is 3.47. The van der Waals surface area contributed by atoms with E-state index in [1.807, 2.05) is 0 Å². The highest BCUT2D eigenvalue weighted by molar-refractivity contribution is 5.80. The van der Waals surface area contributed by atoms with Crippen LogP contribution in [-0.4, -0.2) is 33.7 Å². The van der Waals surface area contributed by atoms with Gasteiger partial charge in [0.25, 0.3) is 5.56 Å². The van der Waals surface area contributed by atoms with E-state index >= 15 is 0 Å². The molecule has 0 aliphatic heterocycles. The maximum absolute atomic E-state index is 12.7. The van der Waals surface area contributed by atoms with Crippen LogP contribution in [0.3, 0.4) is 0 Å². The Morgan fingerprint density at radius 1 is 1.46 bits per heavy atom. The molecule has 0 unspecified atom stereocenters. The Hall–Kier alpha value is -3.09. The normalized spacial score (nSPS) is 11.7. The molecule has 24 heavy (non-hydrogen) atoms. The first-order chi connectivity index (χ1) is 11.5. The molecule has 0 fully saturated rings. The first-order valence-corrected chi connectivity index (χ1v) is 7.43. The van der Waals surface area contributed by atoms with E-state index in [9.17, 15) is 9.59 Å². The van der Waals surface area contributed by atoms with E-state index in [0.29, 0.717) is 24.5 Å². The van der Waals surface area contributed by atoms with Gasteiger partial charge in [-0.25, -0.2) is 4.68 Å². The molecule has 0 aliphatic rings. The minimum atomic E-state index is -0.824. The number of hydrogen-bond acceptors (Lipinski definition) is 5. The van der Waals surface area contributed by atoms with Crippen LogP contribution in [-0.2, 0) is 4.79 Å². The molecular formula is C17H20N4O3. The molecule has 2 heterocycles. The summed E-state index contributed by atoms with van der Waals surface area (Å²) in [6.45, 7) is 9.55. The zero-order chi connectivity index (χ0) is 17.7. The Balaban J connectivity index is 2.42. The Labute approximate surface area is 139 Å². The predicted octanol–water partition coefficient (Wildman–Crippen LogP) is 1.85. The number of nitrogen functional groups attached to an aromatic ring is 1. The fourth-order valence-corrected chi connectivity index (χ4v) is 2.27. The highest BCUT2D eigenvalue weighted by Crippen LogP contribution is 2.19. The van der Waals surface area contributed by atoms with Crippen LogP contribution in [0.5, 0.6) is 0 Å².